The number of fused-ring (bicyclic) bond motifs is 3. The van der Waals surface area contributed by atoms with Crippen molar-refractivity contribution in [3.63, 3.8) is 0 Å². The number of hydrogen-bond donors (Lipinski definition) is 1. The van der Waals surface area contributed by atoms with Gasteiger partial charge in [-0.15, -0.1) is 0 Å². The van der Waals surface area contributed by atoms with Crippen LogP contribution < -0.4 is 0 Å². The summed E-state index contributed by atoms with van der Waals surface area (Å²) < 4.78 is 28.3. The number of aromatic nitrogens is 4. The third-order valence-corrected chi connectivity index (χ3v) is 6.81. The van der Waals surface area contributed by atoms with Crippen LogP contribution in [-0.4, -0.2) is 31.2 Å². The summed E-state index contributed by atoms with van der Waals surface area (Å²) >= 11 is 0. The highest BCUT2D eigenvalue weighted by molar-refractivity contribution is 6.01. The van der Waals surface area contributed by atoms with E-state index in [1.807, 2.05) is 18.6 Å². The number of H-pyrrole nitrogens is 1. The molecule has 3 heterocycles. The zero-order chi connectivity index (χ0) is 17.7. The molecule has 1 N–H and O–H groups in total. The molecule has 0 spiro atoms. The van der Waals surface area contributed by atoms with Gasteiger partial charge in [-0.2, -0.15) is 0 Å². The monoisotopic (exact) mass is 356 g/mol. The Morgan fingerprint density at radius 1 is 1.27 bits per heavy atom. The number of nitrogens with zero attached hydrogens (tertiary/aromatic N) is 3. The van der Waals surface area contributed by atoms with E-state index in [4.69, 9.17) is 0 Å². The van der Waals surface area contributed by atoms with Crippen LogP contribution in [0.15, 0.2) is 24.8 Å². The first kappa shape index (κ1) is 14.8. The number of carbonyl (C=O) groups excluding carboxylic acids is 1. The molecule has 0 atom stereocenters. The van der Waals surface area contributed by atoms with Crippen molar-refractivity contribution in [3.05, 3.63) is 24.8 Å². The molecular weight excluding hydrogens is 338 g/mol. The highest BCUT2D eigenvalue weighted by atomic mass is 19.3. The molecule has 7 heteroatoms. The number of nitrogens with one attached hydrogen (secondary N) is 1. The molecule has 0 saturated heterocycles. The van der Waals surface area contributed by atoms with Crippen molar-refractivity contribution < 1.29 is 13.6 Å². The molecule has 7 rings (SSSR count). The Labute approximate surface area is 147 Å². The highest BCUT2D eigenvalue weighted by Gasteiger charge is 2.69. The summed E-state index contributed by atoms with van der Waals surface area (Å²) in [4.78, 5) is 24.4. The second-order valence-electron chi connectivity index (χ2n) is 8.71. The molecule has 4 aliphatic carbocycles. The molecule has 26 heavy (non-hydrogen) atoms. The van der Waals surface area contributed by atoms with Crippen molar-refractivity contribution >= 4 is 27.9 Å². The van der Waals surface area contributed by atoms with Crippen LogP contribution in [-0.2, 0) is 10.3 Å². The Hall–Kier alpha value is -2.31. The summed E-state index contributed by atoms with van der Waals surface area (Å²) in [7, 11) is 0. The normalized spacial score (nSPS) is 32.2. The fourth-order valence-electron chi connectivity index (χ4n) is 5.65. The first-order chi connectivity index (χ1) is 12.4. The molecular formula is C19H18F2N4O. The lowest BCUT2D eigenvalue weighted by Crippen LogP contribution is -2.68. The van der Waals surface area contributed by atoms with Gasteiger partial charge in [0.05, 0.1) is 18.0 Å². The standard InChI is InChI=1S/C19H18F2N4O/c20-19(21)3-11(4-19)14(26)5-17-7-18(8-17,9-17)25-10-24-13-6-23-16-12(15(13)25)1-2-22-16/h1-2,6,10-11H,3-5,7-9H2,(H,22,23). The number of aromatic amines is 1. The third-order valence-electron chi connectivity index (χ3n) is 6.81. The average Bonchev–Trinajstić information content (AvgIpc) is 3.12. The largest absolute Gasteiger partial charge is 0.346 e. The number of rotatable bonds is 4. The van der Waals surface area contributed by atoms with Crippen LogP contribution in [0.25, 0.3) is 22.1 Å². The number of alkyl halides is 2. The molecule has 0 aromatic carbocycles. The quantitative estimate of drug-likeness (QED) is 0.773. The van der Waals surface area contributed by atoms with Gasteiger partial charge in [0.1, 0.15) is 16.9 Å². The first-order valence-electron chi connectivity index (χ1n) is 9.09. The minimum atomic E-state index is -2.62. The predicted molar refractivity (Wildman–Crippen MR) is 90.9 cm³/mol. The van der Waals surface area contributed by atoms with Gasteiger partial charge in [-0.3, -0.25) is 4.79 Å². The minimum absolute atomic E-state index is 0.0306. The predicted octanol–water partition coefficient (Wildman–Crippen LogP) is 3.80. The van der Waals surface area contributed by atoms with Gasteiger partial charge < -0.3 is 9.55 Å². The van der Waals surface area contributed by atoms with Crippen molar-refractivity contribution in [3.8, 4) is 0 Å². The summed E-state index contributed by atoms with van der Waals surface area (Å²) in [6, 6.07) is 2.02. The van der Waals surface area contributed by atoms with Crippen LogP contribution in [0, 0.1) is 11.3 Å². The number of Topliss-reactive ketones (excluding diaryl/α,β-unsaturated/α-hetero) is 1. The van der Waals surface area contributed by atoms with E-state index in [2.05, 4.69) is 19.5 Å². The van der Waals surface area contributed by atoms with Gasteiger partial charge in [-0.1, -0.05) is 0 Å². The molecule has 4 aliphatic rings. The summed E-state index contributed by atoms with van der Waals surface area (Å²) in [5.74, 6) is -3.00. The zero-order valence-electron chi connectivity index (χ0n) is 14.1. The SMILES string of the molecule is O=C(CC12CC(n3cnc4cnc5[nH]ccc5c43)(C1)C2)C1CC(F)(F)C1. The fourth-order valence-corrected chi connectivity index (χ4v) is 5.65. The molecule has 0 radical (unpaired) electrons. The van der Waals surface area contributed by atoms with Crippen LogP contribution in [0.5, 0.6) is 0 Å². The van der Waals surface area contributed by atoms with E-state index in [0.717, 1.165) is 41.3 Å². The number of ketones is 1. The van der Waals surface area contributed by atoms with Gasteiger partial charge in [-0.25, -0.2) is 18.7 Å². The summed E-state index contributed by atoms with van der Waals surface area (Å²) in [6.45, 7) is 0. The lowest BCUT2D eigenvalue weighted by Gasteiger charge is -2.71. The molecule has 134 valence electrons. The van der Waals surface area contributed by atoms with E-state index in [-0.39, 0.29) is 29.6 Å². The van der Waals surface area contributed by atoms with Crippen molar-refractivity contribution in [2.24, 2.45) is 11.3 Å². The Kier molecular flexibility index (Phi) is 2.46. The maximum Gasteiger partial charge on any atom is 0.249 e. The molecule has 0 unspecified atom stereocenters. The van der Waals surface area contributed by atoms with E-state index >= 15 is 0 Å². The maximum absolute atomic E-state index is 13.0. The van der Waals surface area contributed by atoms with Crippen LogP contribution in [0.3, 0.4) is 0 Å². The van der Waals surface area contributed by atoms with Gasteiger partial charge in [-0.05, 0) is 30.7 Å². The van der Waals surface area contributed by atoms with E-state index < -0.39 is 11.8 Å². The first-order valence-corrected chi connectivity index (χ1v) is 9.09. The van der Waals surface area contributed by atoms with Crippen molar-refractivity contribution in [2.45, 2.75) is 50.0 Å². The van der Waals surface area contributed by atoms with Crippen LogP contribution in [0.4, 0.5) is 8.78 Å². The number of imidazole rings is 1. The lowest BCUT2D eigenvalue weighted by molar-refractivity contribution is -0.197. The lowest BCUT2D eigenvalue weighted by atomic mass is 9.37. The van der Waals surface area contributed by atoms with Gasteiger partial charge >= 0.3 is 0 Å². The molecule has 4 fully saturated rings. The summed E-state index contributed by atoms with van der Waals surface area (Å²) in [6.07, 6.45) is 8.32. The van der Waals surface area contributed by atoms with E-state index in [9.17, 15) is 13.6 Å². The number of carbonyl (C=O) groups is 1. The van der Waals surface area contributed by atoms with Crippen LogP contribution in [0.1, 0.15) is 38.5 Å². The molecule has 5 nitrogen and oxygen atoms in total. The Balaban J connectivity index is 1.24. The molecule has 2 bridgehead atoms. The Morgan fingerprint density at radius 3 is 2.77 bits per heavy atom. The van der Waals surface area contributed by atoms with Crippen molar-refractivity contribution in [1.82, 2.24) is 19.5 Å². The topological polar surface area (TPSA) is 63.6 Å². The van der Waals surface area contributed by atoms with Gasteiger partial charge in [0.2, 0.25) is 5.92 Å². The maximum atomic E-state index is 13.0. The second kappa shape index (κ2) is 4.32. The fraction of sp³-hybridized carbons (Fsp3) is 0.526. The molecule has 0 aliphatic heterocycles. The van der Waals surface area contributed by atoms with Crippen molar-refractivity contribution in [2.75, 3.05) is 0 Å². The zero-order valence-corrected chi connectivity index (χ0v) is 14.1. The second-order valence-corrected chi connectivity index (χ2v) is 8.71. The van der Waals surface area contributed by atoms with E-state index in [1.54, 1.807) is 6.20 Å². The Morgan fingerprint density at radius 2 is 2.04 bits per heavy atom. The summed E-state index contributed by atoms with van der Waals surface area (Å²) in [5, 5.41) is 1.06. The number of pyridine rings is 1. The number of hydrogen-bond acceptors (Lipinski definition) is 3. The molecule has 0 amide bonds. The highest BCUT2D eigenvalue weighted by Crippen LogP contribution is 2.73. The minimum Gasteiger partial charge on any atom is -0.346 e. The van der Waals surface area contributed by atoms with Crippen LogP contribution >= 0.6 is 0 Å². The van der Waals surface area contributed by atoms with Gasteiger partial charge in [0.15, 0.2) is 0 Å². The van der Waals surface area contributed by atoms with E-state index in [1.165, 1.54) is 0 Å². The van der Waals surface area contributed by atoms with Gasteiger partial charge in [0.25, 0.3) is 0 Å². The Bertz CT molecular complexity index is 1050. The molecule has 4 saturated carbocycles. The van der Waals surface area contributed by atoms with E-state index in [0.29, 0.717) is 6.42 Å². The van der Waals surface area contributed by atoms with Crippen LogP contribution in [0.2, 0.25) is 0 Å². The third kappa shape index (κ3) is 1.76. The van der Waals surface area contributed by atoms with Crippen molar-refractivity contribution in [1.29, 1.82) is 0 Å². The summed E-state index contributed by atoms with van der Waals surface area (Å²) in [5.41, 5.74) is 2.88. The smallest absolute Gasteiger partial charge is 0.249 e. The average molecular weight is 356 g/mol. The molecule has 3 aromatic heterocycles. The number of halogens is 2. The molecule has 3 aromatic rings. The van der Waals surface area contributed by atoms with Gasteiger partial charge in [0, 0.05) is 42.3 Å².